The first-order valence-corrected chi connectivity index (χ1v) is 7.01. The molecule has 18 heavy (non-hydrogen) atoms. The number of nitrogens with zero attached hydrogens (tertiary/aromatic N) is 2. The number of urea groups is 1. The van der Waals surface area contributed by atoms with Crippen molar-refractivity contribution < 1.29 is 9.90 Å². The quantitative estimate of drug-likeness (QED) is 0.872. The highest BCUT2D eigenvalue weighted by molar-refractivity contribution is 7.11. The van der Waals surface area contributed by atoms with Gasteiger partial charge in [-0.25, -0.2) is 9.78 Å². The number of aliphatic hydroxyl groups is 1. The molecule has 0 bridgehead atoms. The molecule has 0 radical (unpaired) electrons. The monoisotopic (exact) mass is 269 g/mol. The summed E-state index contributed by atoms with van der Waals surface area (Å²) in [6.07, 6.45) is 1.85. The molecule has 1 atom stereocenters. The van der Waals surface area contributed by atoms with Crippen molar-refractivity contribution in [2.24, 2.45) is 0 Å². The van der Waals surface area contributed by atoms with Crippen molar-refractivity contribution in [1.29, 1.82) is 0 Å². The molecule has 5 nitrogen and oxygen atoms in total. The molecule has 2 N–H and O–H groups in total. The van der Waals surface area contributed by atoms with Crippen LogP contribution in [0.5, 0.6) is 0 Å². The van der Waals surface area contributed by atoms with Gasteiger partial charge in [-0.1, -0.05) is 0 Å². The number of carbonyl (C=O) groups is 1. The van der Waals surface area contributed by atoms with Crippen LogP contribution >= 0.6 is 11.3 Å². The number of aryl methyl sites for hydroxylation is 2. The van der Waals surface area contributed by atoms with Gasteiger partial charge in [0.15, 0.2) is 0 Å². The number of hydrogen-bond acceptors (Lipinski definition) is 4. The van der Waals surface area contributed by atoms with Gasteiger partial charge in [-0.15, -0.1) is 11.3 Å². The molecule has 0 aliphatic carbocycles. The van der Waals surface area contributed by atoms with E-state index in [1.54, 1.807) is 16.2 Å². The number of amides is 2. The third-order valence-corrected chi connectivity index (χ3v) is 4.18. The van der Waals surface area contributed by atoms with Crippen LogP contribution in [0, 0.1) is 13.8 Å². The Morgan fingerprint density at radius 2 is 2.39 bits per heavy atom. The number of thiazole rings is 1. The highest BCUT2D eigenvalue weighted by atomic mass is 32.1. The van der Waals surface area contributed by atoms with Gasteiger partial charge < -0.3 is 15.3 Å². The molecular formula is C12H19N3O2S. The zero-order chi connectivity index (χ0) is 13.1. The van der Waals surface area contributed by atoms with Crippen LogP contribution in [0.25, 0.3) is 0 Å². The number of likely N-dealkylation sites (tertiary alicyclic amines) is 1. The van der Waals surface area contributed by atoms with Crippen LogP contribution in [0.3, 0.4) is 0 Å². The molecule has 100 valence electrons. The number of aliphatic hydroxyl groups excluding tert-OH is 1. The van der Waals surface area contributed by atoms with E-state index in [1.165, 1.54) is 0 Å². The van der Waals surface area contributed by atoms with Gasteiger partial charge in [-0.3, -0.25) is 0 Å². The molecule has 0 spiro atoms. The molecule has 0 aromatic carbocycles. The van der Waals surface area contributed by atoms with Crippen LogP contribution < -0.4 is 5.32 Å². The predicted molar refractivity (Wildman–Crippen MR) is 70.6 cm³/mol. The first kappa shape index (κ1) is 13.3. The summed E-state index contributed by atoms with van der Waals surface area (Å²) < 4.78 is 0. The smallest absolute Gasteiger partial charge is 0.318 e. The normalized spacial score (nSPS) is 19.3. The van der Waals surface area contributed by atoms with Gasteiger partial charge in [0, 0.05) is 11.4 Å². The van der Waals surface area contributed by atoms with Crippen molar-refractivity contribution in [2.75, 3.05) is 13.2 Å². The molecule has 0 saturated carbocycles. The molecule has 1 saturated heterocycles. The number of rotatable bonds is 3. The van der Waals surface area contributed by atoms with E-state index in [4.69, 9.17) is 0 Å². The van der Waals surface area contributed by atoms with Crippen molar-refractivity contribution in [3.05, 3.63) is 15.6 Å². The molecule has 0 unspecified atom stereocenters. The summed E-state index contributed by atoms with van der Waals surface area (Å²) in [5.41, 5.74) is 0.936. The average molecular weight is 269 g/mol. The minimum absolute atomic E-state index is 0.0248. The lowest BCUT2D eigenvalue weighted by molar-refractivity contribution is 0.157. The summed E-state index contributed by atoms with van der Waals surface area (Å²) in [5, 5.41) is 13.1. The number of carbonyl (C=O) groups excluding carboxylic acids is 1. The van der Waals surface area contributed by atoms with E-state index >= 15 is 0 Å². The highest BCUT2D eigenvalue weighted by Crippen LogP contribution is 2.18. The molecule has 1 aromatic rings. The van der Waals surface area contributed by atoms with Crippen LogP contribution in [0.2, 0.25) is 0 Å². The van der Waals surface area contributed by atoms with E-state index in [0.29, 0.717) is 6.54 Å². The predicted octanol–water partition coefficient (Wildman–Crippen LogP) is 1.43. The summed E-state index contributed by atoms with van der Waals surface area (Å²) in [4.78, 5) is 19.2. The first-order chi connectivity index (χ1) is 8.61. The zero-order valence-corrected chi connectivity index (χ0v) is 11.6. The third-order valence-electron chi connectivity index (χ3n) is 3.26. The molecule has 2 heterocycles. The first-order valence-electron chi connectivity index (χ1n) is 6.20. The van der Waals surface area contributed by atoms with E-state index < -0.39 is 0 Å². The zero-order valence-electron chi connectivity index (χ0n) is 10.8. The maximum atomic E-state index is 12.0. The lowest BCUT2D eigenvalue weighted by Gasteiger charge is -2.23. The molecule has 2 amide bonds. The van der Waals surface area contributed by atoms with Gasteiger partial charge in [0.25, 0.3) is 0 Å². The Kier molecular flexibility index (Phi) is 4.19. The lowest BCUT2D eigenvalue weighted by Crippen LogP contribution is -2.43. The van der Waals surface area contributed by atoms with E-state index in [9.17, 15) is 9.90 Å². The Hall–Kier alpha value is -1.14. The largest absolute Gasteiger partial charge is 0.394 e. The van der Waals surface area contributed by atoms with Gasteiger partial charge in [0.05, 0.1) is 29.9 Å². The van der Waals surface area contributed by atoms with E-state index in [-0.39, 0.29) is 18.7 Å². The van der Waals surface area contributed by atoms with Crippen LogP contribution in [0.1, 0.15) is 28.4 Å². The SMILES string of the molecule is Cc1nc(CNC(=O)N2CCC[C@@H]2CO)c(C)s1. The lowest BCUT2D eigenvalue weighted by atomic mass is 10.2. The van der Waals surface area contributed by atoms with Gasteiger partial charge in [-0.05, 0) is 26.7 Å². The van der Waals surface area contributed by atoms with Crippen molar-refractivity contribution in [2.45, 2.75) is 39.3 Å². The fourth-order valence-electron chi connectivity index (χ4n) is 2.29. The molecule has 1 aromatic heterocycles. The highest BCUT2D eigenvalue weighted by Gasteiger charge is 2.27. The maximum absolute atomic E-state index is 12.0. The van der Waals surface area contributed by atoms with E-state index in [1.807, 2.05) is 13.8 Å². The number of nitrogens with one attached hydrogen (secondary N) is 1. The Labute approximate surface area is 111 Å². The summed E-state index contributed by atoms with van der Waals surface area (Å²) in [6, 6.07) is -0.125. The second-order valence-corrected chi connectivity index (χ2v) is 5.97. The summed E-state index contributed by atoms with van der Waals surface area (Å²) >= 11 is 1.64. The topological polar surface area (TPSA) is 65.5 Å². The maximum Gasteiger partial charge on any atom is 0.318 e. The van der Waals surface area contributed by atoms with Crippen LogP contribution in [-0.2, 0) is 6.54 Å². The average Bonchev–Trinajstić information content (AvgIpc) is 2.92. The van der Waals surface area contributed by atoms with E-state index in [0.717, 1.165) is 35.0 Å². The third kappa shape index (κ3) is 2.81. The minimum Gasteiger partial charge on any atom is -0.394 e. The second kappa shape index (κ2) is 5.67. The molecule has 1 aliphatic rings. The number of aromatic nitrogens is 1. The fraction of sp³-hybridized carbons (Fsp3) is 0.667. The van der Waals surface area contributed by atoms with Crippen LogP contribution in [0.15, 0.2) is 0 Å². The Balaban J connectivity index is 1.90. The van der Waals surface area contributed by atoms with Gasteiger partial charge in [0.2, 0.25) is 0 Å². The van der Waals surface area contributed by atoms with Gasteiger partial charge in [0.1, 0.15) is 0 Å². The van der Waals surface area contributed by atoms with Crippen molar-refractivity contribution in [1.82, 2.24) is 15.2 Å². The Morgan fingerprint density at radius 3 is 3.00 bits per heavy atom. The van der Waals surface area contributed by atoms with Crippen molar-refractivity contribution >= 4 is 17.4 Å². The van der Waals surface area contributed by atoms with Crippen molar-refractivity contribution in [3.8, 4) is 0 Å². The Morgan fingerprint density at radius 1 is 1.61 bits per heavy atom. The standard InChI is InChI=1S/C12H19N3O2S/c1-8-11(14-9(2)18-8)6-13-12(17)15-5-3-4-10(15)7-16/h10,16H,3-7H2,1-2H3,(H,13,17)/t10-/m1/s1. The van der Waals surface area contributed by atoms with Crippen LogP contribution in [0.4, 0.5) is 4.79 Å². The molecule has 6 heteroatoms. The summed E-state index contributed by atoms with van der Waals surface area (Å²) in [7, 11) is 0. The van der Waals surface area contributed by atoms with Gasteiger partial charge in [-0.2, -0.15) is 0 Å². The van der Waals surface area contributed by atoms with Crippen LogP contribution in [-0.4, -0.2) is 40.2 Å². The summed E-state index contributed by atoms with van der Waals surface area (Å²) in [5.74, 6) is 0. The molecule has 1 aliphatic heterocycles. The minimum atomic E-state index is -0.100. The molecular weight excluding hydrogens is 250 g/mol. The molecule has 2 rings (SSSR count). The Bertz CT molecular complexity index is 433. The second-order valence-electron chi connectivity index (χ2n) is 4.57. The van der Waals surface area contributed by atoms with Gasteiger partial charge >= 0.3 is 6.03 Å². The van der Waals surface area contributed by atoms with E-state index in [2.05, 4.69) is 10.3 Å². The molecule has 1 fully saturated rings. The van der Waals surface area contributed by atoms with Crippen molar-refractivity contribution in [3.63, 3.8) is 0 Å². The fourth-order valence-corrected chi connectivity index (χ4v) is 3.12. The number of hydrogen-bond donors (Lipinski definition) is 2. The summed E-state index contributed by atoms with van der Waals surface area (Å²) in [6.45, 7) is 5.21.